The summed E-state index contributed by atoms with van der Waals surface area (Å²) in [4.78, 5) is 23.7. The van der Waals surface area contributed by atoms with Gasteiger partial charge in [0.2, 0.25) is 0 Å². The monoisotopic (exact) mass is 310 g/mol. The zero-order chi connectivity index (χ0) is 14.5. The molecule has 2 rings (SSSR count). The molecule has 0 aromatic heterocycles. The highest BCUT2D eigenvalue weighted by molar-refractivity contribution is 6.41. The van der Waals surface area contributed by atoms with Crippen molar-refractivity contribution in [3.05, 3.63) is 48.0 Å². The van der Waals surface area contributed by atoms with Crippen LogP contribution in [0.3, 0.4) is 0 Å². The summed E-state index contributed by atoms with van der Waals surface area (Å²) in [5.41, 5.74) is 0.289. The molecule has 0 aliphatic rings. The largest absolute Gasteiger partial charge is 0.454 e. The SMILES string of the molecule is O=C(OC(CCl)CCl)C(=O)c1ccc2ccccc2c1. The summed E-state index contributed by atoms with van der Waals surface area (Å²) in [5.74, 6) is -1.52. The van der Waals surface area contributed by atoms with E-state index < -0.39 is 17.9 Å². The topological polar surface area (TPSA) is 43.4 Å². The number of alkyl halides is 2. The van der Waals surface area contributed by atoms with Crippen LogP contribution in [-0.4, -0.2) is 29.6 Å². The average molecular weight is 311 g/mol. The van der Waals surface area contributed by atoms with Crippen LogP contribution in [0.15, 0.2) is 42.5 Å². The van der Waals surface area contributed by atoms with Crippen molar-refractivity contribution in [2.75, 3.05) is 11.8 Å². The van der Waals surface area contributed by atoms with Gasteiger partial charge in [0.1, 0.15) is 6.10 Å². The van der Waals surface area contributed by atoms with E-state index in [1.54, 1.807) is 18.2 Å². The summed E-state index contributed by atoms with van der Waals surface area (Å²) in [7, 11) is 0. The van der Waals surface area contributed by atoms with Gasteiger partial charge in [0.25, 0.3) is 5.78 Å². The quantitative estimate of drug-likeness (QED) is 0.368. The van der Waals surface area contributed by atoms with Gasteiger partial charge in [0.15, 0.2) is 0 Å². The van der Waals surface area contributed by atoms with Crippen molar-refractivity contribution >= 4 is 45.7 Å². The Bertz CT molecular complexity index is 636. The Balaban J connectivity index is 2.20. The molecule has 0 aliphatic carbocycles. The molecule has 0 bridgehead atoms. The van der Waals surface area contributed by atoms with Gasteiger partial charge in [0.05, 0.1) is 11.8 Å². The normalized spacial score (nSPS) is 10.8. The van der Waals surface area contributed by atoms with Crippen LogP contribution in [0, 0.1) is 0 Å². The third-order valence-electron chi connectivity index (χ3n) is 2.81. The zero-order valence-electron chi connectivity index (χ0n) is 10.5. The number of hydrogen-bond acceptors (Lipinski definition) is 3. The summed E-state index contributed by atoms with van der Waals surface area (Å²) in [5, 5.41) is 1.88. The van der Waals surface area contributed by atoms with Gasteiger partial charge in [-0.15, -0.1) is 23.2 Å². The second kappa shape index (κ2) is 6.73. The van der Waals surface area contributed by atoms with Crippen molar-refractivity contribution in [2.45, 2.75) is 6.10 Å². The lowest BCUT2D eigenvalue weighted by Crippen LogP contribution is -2.26. The van der Waals surface area contributed by atoms with E-state index in [9.17, 15) is 9.59 Å². The molecule has 0 saturated heterocycles. The molecule has 0 heterocycles. The number of carbonyl (C=O) groups is 2. The Hall–Kier alpha value is -1.58. The summed E-state index contributed by atoms with van der Waals surface area (Å²) < 4.78 is 4.92. The molecule has 0 spiro atoms. The fourth-order valence-electron chi connectivity index (χ4n) is 1.76. The number of ether oxygens (including phenoxy) is 1. The molecule has 0 N–H and O–H groups in total. The highest BCUT2D eigenvalue weighted by atomic mass is 35.5. The molecular weight excluding hydrogens is 299 g/mol. The van der Waals surface area contributed by atoms with Gasteiger partial charge in [-0.05, 0) is 16.8 Å². The molecule has 0 radical (unpaired) electrons. The minimum absolute atomic E-state index is 0.0558. The number of ketones is 1. The first-order chi connectivity index (χ1) is 9.65. The van der Waals surface area contributed by atoms with Crippen molar-refractivity contribution in [1.29, 1.82) is 0 Å². The molecule has 0 saturated carbocycles. The van der Waals surface area contributed by atoms with Crippen molar-refractivity contribution in [3.8, 4) is 0 Å². The molecule has 0 amide bonds. The van der Waals surface area contributed by atoms with Crippen LogP contribution in [-0.2, 0) is 9.53 Å². The highest BCUT2D eigenvalue weighted by Gasteiger charge is 2.21. The van der Waals surface area contributed by atoms with Crippen LogP contribution >= 0.6 is 23.2 Å². The molecular formula is C15H12Cl2O3. The molecule has 0 fully saturated rings. The van der Waals surface area contributed by atoms with Crippen LogP contribution < -0.4 is 0 Å². The van der Waals surface area contributed by atoms with Gasteiger partial charge < -0.3 is 4.74 Å². The Morgan fingerprint density at radius 2 is 1.65 bits per heavy atom. The third kappa shape index (κ3) is 3.30. The van der Waals surface area contributed by atoms with Gasteiger partial charge in [-0.2, -0.15) is 0 Å². The van der Waals surface area contributed by atoms with Crippen molar-refractivity contribution < 1.29 is 14.3 Å². The molecule has 3 nitrogen and oxygen atoms in total. The fourth-order valence-corrected chi connectivity index (χ4v) is 2.21. The number of carbonyl (C=O) groups excluding carboxylic acids is 2. The lowest BCUT2D eigenvalue weighted by molar-refractivity contribution is -0.141. The number of esters is 1. The third-order valence-corrected chi connectivity index (χ3v) is 3.50. The Kier molecular flexibility index (Phi) is 4.99. The number of halogens is 2. The lowest BCUT2D eigenvalue weighted by atomic mass is 10.0. The van der Waals surface area contributed by atoms with Crippen molar-refractivity contribution in [3.63, 3.8) is 0 Å². The average Bonchev–Trinajstić information content (AvgIpc) is 2.51. The summed E-state index contributed by atoms with van der Waals surface area (Å²) in [6.45, 7) is 0. The Labute approximate surface area is 126 Å². The maximum absolute atomic E-state index is 12.0. The molecule has 2 aromatic carbocycles. The van der Waals surface area contributed by atoms with Crippen LogP contribution in [0.25, 0.3) is 10.8 Å². The fraction of sp³-hybridized carbons (Fsp3) is 0.200. The van der Waals surface area contributed by atoms with E-state index in [0.717, 1.165) is 10.8 Å². The second-order valence-corrected chi connectivity index (χ2v) is 4.84. The molecule has 0 unspecified atom stereocenters. The zero-order valence-corrected chi connectivity index (χ0v) is 12.0. The molecule has 2 aromatic rings. The minimum Gasteiger partial charge on any atom is -0.454 e. The van der Waals surface area contributed by atoms with Gasteiger partial charge in [0, 0.05) is 5.56 Å². The van der Waals surface area contributed by atoms with Crippen molar-refractivity contribution in [1.82, 2.24) is 0 Å². The summed E-state index contributed by atoms with van der Waals surface area (Å²) in [6.07, 6.45) is -0.657. The highest BCUT2D eigenvalue weighted by Crippen LogP contribution is 2.16. The molecule has 5 heteroatoms. The van der Waals surface area contributed by atoms with Gasteiger partial charge in [-0.1, -0.05) is 36.4 Å². The maximum Gasteiger partial charge on any atom is 0.380 e. The predicted molar refractivity (Wildman–Crippen MR) is 79.6 cm³/mol. The van der Waals surface area contributed by atoms with E-state index in [1.165, 1.54) is 0 Å². The lowest BCUT2D eigenvalue weighted by Gasteiger charge is -2.11. The Morgan fingerprint density at radius 3 is 2.30 bits per heavy atom. The van der Waals surface area contributed by atoms with E-state index in [-0.39, 0.29) is 17.3 Å². The van der Waals surface area contributed by atoms with Gasteiger partial charge in [-0.25, -0.2) is 4.79 Å². The minimum atomic E-state index is -0.938. The second-order valence-electron chi connectivity index (χ2n) is 4.23. The number of Topliss-reactive ketones (excluding diaryl/α,β-unsaturated/α-hetero) is 1. The Morgan fingerprint density at radius 1 is 1.00 bits per heavy atom. The van der Waals surface area contributed by atoms with E-state index in [0.29, 0.717) is 0 Å². The van der Waals surface area contributed by atoms with E-state index in [4.69, 9.17) is 27.9 Å². The number of hydrogen-bond donors (Lipinski definition) is 0. The van der Waals surface area contributed by atoms with E-state index in [2.05, 4.69) is 0 Å². The smallest absolute Gasteiger partial charge is 0.380 e. The molecule has 104 valence electrons. The number of fused-ring (bicyclic) bond motifs is 1. The van der Waals surface area contributed by atoms with E-state index in [1.807, 2.05) is 24.3 Å². The van der Waals surface area contributed by atoms with Crippen LogP contribution in [0.2, 0.25) is 0 Å². The number of benzene rings is 2. The molecule has 0 atom stereocenters. The summed E-state index contributed by atoms with van der Waals surface area (Å²) in [6, 6.07) is 12.6. The van der Waals surface area contributed by atoms with Gasteiger partial charge >= 0.3 is 5.97 Å². The first-order valence-electron chi connectivity index (χ1n) is 6.01. The van der Waals surface area contributed by atoms with E-state index >= 15 is 0 Å². The van der Waals surface area contributed by atoms with Crippen LogP contribution in [0.4, 0.5) is 0 Å². The first kappa shape index (κ1) is 14.8. The standard InChI is InChI=1S/C15H12Cl2O3/c16-8-13(9-17)20-15(19)14(18)12-6-5-10-3-1-2-4-11(10)7-12/h1-7,13H,8-9H2. The molecule has 20 heavy (non-hydrogen) atoms. The van der Waals surface area contributed by atoms with Gasteiger partial charge in [-0.3, -0.25) is 4.79 Å². The first-order valence-corrected chi connectivity index (χ1v) is 7.08. The van der Waals surface area contributed by atoms with Crippen LogP contribution in [0.1, 0.15) is 10.4 Å². The van der Waals surface area contributed by atoms with Crippen molar-refractivity contribution in [2.24, 2.45) is 0 Å². The molecule has 0 aliphatic heterocycles. The van der Waals surface area contributed by atoms with Crippen LogP contribution in [0.5, 0.6) is 0 Å². The number of rotatable bonds is 5. The predicted octanol–water partition coefficient (Wildman–Crippen LogP) is 3.41. The summed E-state index contributed by atoms with van der Waals surface area (Å²) >= 11 is 11.1. The maximum atomic E-state index is 12.0.